The molecule has 1 N–H and O–H groups in total. The van der Waals surface area contributed by atoms with Crippen molar-refractivity contribution in [1.82, 2.24) is 4.90 Å². The normalized spacial score (nSPS) is 19.6. The number of amides is 1. The number of likely N-dealkylation sites (tertiary alicyclic amines) is 1. The van der Waals surface area contributed by atoms with Gasteiger partial charge in [-0.3, -0.25) is 4.79 Å². The average Bonchev–Trinajstić information content (AvgIpc) is 2.38. The van der Waals surface area contributed by atoms with Gasteiger partial charge in [-0.05, 0) is 43.0 Å². The van der Waals surface area contributed by atoms with Gasteiger partial charge in [-0.2, -0.15) is 0 Å². The highest BCUT2D eigenvalue weighted by atomic mass is 35.5. The number of halogens is 1. The molecule has 1 aliphatic rings. The summed E-state index contributed by atoms with van der Waals surface area (Å²) < 4.78 is 0. The van der Waals surface area contributed by atoms with Crippen molar-refractivity contribution in [2.45, 2.75) is 25.3 Å². The lowest BCUT2D eigenvalue weighted by Gasteiger charge is -2.34. The lowest BCUT2D eigenvalue weighted by molar-refractivity contribution is 0.104. The zero-order valence-corrected chi connectivity index (χ0v) is 10.6. The third-order valence-corrected chi connectivity index (χ3v) is 3.52. The molecule has 4 nitrogen and oxygen atoms in total. The van der Waals surface area contributed by atoms with Crippen LogP contribution in [0.3, 0.4) is 0 Å². The van der Waals surface area contributed by atoms with E-state index >= 15 is 0 Å². The maximum atomic E-state index is 11.2. The first-order chi connectivity index (χ1) is 8.63. The van der Waals surface area contributed by atoms with Gasteiger partial charge >= 0.3 is 6.09 Å². The van der Waals surface area contributed by atoms with Gasteiger partial charge in [-0.25, -0.2) is 4.79 Å². The summed E-state index contributed by atoms with van der Waals surface area (Å²) in [6.45, 7) is 0.505. The second-order valence-electron chi connectivity index (χ2n) is 4.38. The Kier molecular flexibility index (Phi) is 3.87. The highest BCUT2D eigenvalue weighted by Gasteiger charge is 2.29. The van der Waals surface area contributed by atoms with Crippen LogP contribution < -0.4 is 0 Å². The molecule has 1 aromatic carbocycles. The molecule has 0 radical (unpaired) electrons. The summed E-state index contributed by atoms with van der Waals surface area (Å²) in [5.74, 6) is 0. The van der Waals surface area contributed by atoms with E-state index in [0.29, 0.717) is 22.7 Å². The molecule has 1 aromatic rings. The van der Waals surface area contributed by atoms with Crippen LogP contribution in [-0.4, -0.2) is 28.9 Å². The number of aldehydes is 1. The van der Waals surface area contributed by atoms with Gasteiger partial charge in [0.05, 0.1) is 6.04 Å². The van der Waals surface area contributed by atoms with Crippen LogP contribution in [-0.2, 0) is 0 Å². The number of carbonyl (C=O) groups is 2. The molecule has 0 spiro atoms. The third-order valence-electron chi connectivity index (χ3n) is 3.28. The Morgan fingerprint density at radius 1 is 1.44 bits per heavy atom. The molecular formula is C13H14ClNO3. The first-order valence-corrected chi connectivity index (χ1v) is 6.25. The van der Waals surface area contributed by atoms with E-state index in [4.69, 9.17) is 11.6 Å². The first-order valence-electron chi connectivity index (χ1n) is 5.87. The van der Waals surface area contributed by atoms with Crippen LogP contribution in [0.15, 0.2) is 18.2 Å². The van der Waals surface area contributed by atoms with Gasteiger partial charge < -0.3 is 10.0 Å². The van der Waals surface area contributed by atoms with Crippen LogP contribution in [0.25, 0.3) is 0 Å². The number of rotatable bonds is 2. The fraction of sp³-hybridized carbons (Fsp3) is 0.385. The Hall–Kier alpha value is -1.55. The largest absolute Gasteiger partial charge is 0.465 e. The lowest BCUT2D eigenvalue weighted by Crippen LogP contribution is -2.37. The van der Waals surface area contributed by atoms with Crippen molar-refractivity contribution >= 4 is 24.0 Å². The van der Waals surface area contributed by atoms with E-state index in [2.05, 4.69) is 0 Å². The molecule has 0 aliphatic carbocycles. The molecule has 0 saturated carbocycles. The van der Waals surface area contributed by atoms with Crippen LogP contribution in [0, 0.1) is 0 Å². The van der Waals surface area contributed by atoms with Crippen molar-refractivity contribution in [3.05, 3.63) is 34.3 Å². The first kappa shape index (κ1) is 12.9. The zero-order valence-electron chi connectivity index (χ0n) is 9.80. The Labute approximate surface area is 110 Å². The van der Waals surface area contributed by atoms with Gasteiger partial charge in [-0.15, -0.1) is 0 Å². The summed E-state index contributed by atoms with van der Waals surface area (Å²) in [6.07, 6.45) is 2.35. The van der Waals surface area contributed by atoms with Gasteiger partial charge in [0.1, 0.15) is 6.29 Å². The number of hydrogen-bond acceptors (Lipinski definition) is 2. The maximum Gasteiger partial charge on any atom is 0.407 e. The maximum absolute atomic E-state index is 11.2. The highest BCUT2D eigenvalue weighted by molar-refractivity contribution is 6.30. The molecular weight excluding hydrogens is 254 g/mol. The zero-order chi connectivity index (χ0) is 13.1. The van der Waals surface area contributed by atoms with Crippen molar-refractivity contribution in [3.8, 4) is 0 Å². The third kappa shape index (κ3) is 2.48. The molecule has 96 valence electrons. The second-order valence-corrected chi connectivity index (χ2v) is 4.82. The fourth-order valence-corrected chi connectivity index (χ4v) is 2.61. The van der Waals surface area contributed by atoms with E-state index in [9.17, 15) is 14.7 Å². The fourth-order valence-electron chi connectivity index (χ4n) is 2.43. The minimum atomic E-state index is -0.948. The van der Waals surface area contributed by atoms with Crippen LogP contribution in [0.2, 0.25) is 5.02 Å². The molecule has 1 aliphatic heterocycles. The molecule has 1 saturated heterocycles. The molecule has 2 rings (SSSR count). The molecule has 1 heterocycles. The summed E-state index contributed by atoms with van der Waals surface area (Å²) in [6, 6.07) is 4.70. The minimum absolute atomic E-state index is 0.268. The van der Waals surface area contributed by atoms with Crippen molar-refractivity contribution in [2.75, 3.05) is 6.54 Å². The number of piperidine rings is 1. The predicted octanol–water partition coefficient (Wildman–Crippen LogP) is 3.36. The van der Waals surface area contributed by atoms with E-state index in [1.165, 1.54) is 4.90 Å². The van der Waals surface area contributed by atoms with E-state index in [-0.39, 0.29) is 6.04 Å². The molecule has 5 heteroatoms. The summed E-state index contributed by atoms with van der Waals surface area (Å²) in [5.41, 5.74) is 1.22. The number of nitrogens with zero attached hydrogens (tertiary/aromatic N) is 1. The minimum Gasteiger partial charge on any atom is -0.465 e. The molecule has 0 bridgehead atoms. The quantitative estimate of drug-likeness (QED) is 0.836. The molecule has 1 atom stereocenters. The van der Waals surface area contributed by atoms with Gasteiger partial charge in [0, 0.05) is 17.1 Å². The van der Waals surface area contributed by atoms with Gasteiger partial charge in [0.15, 0.2) is 0 Å². The van der Waals surface area contributed by atoms with Crippen molar-refractivity contribution < 1.29 is 14.7 Å². The monoisotopic (exact) mass is 267 g/mol. The topological polar surface area (TPSA) is 57.6 Å². The van der Waals surface area contributed by atoms with E-state index in [1.807, 2.05) is 0 Å². The number of hydrogen-bond donors (Lipinski definition) is 1. The van der Waals surface area contributed by atoms with Gasteiger partial charge in [-0.1, -0.05) is 11.6 Å². The average molecular weight is 268 g/mol. The van der Waals surface area contributed by atoms with Crippen LogP contribution in [0.5, 0.6) is 0 Å². The van der Waals surface area contributed by atoms with Gasteiger partial charge in [0.25, 0.3) is 0 Å². The molecule has 1 fully saturated rings. The molecule has 0 aromatic heterocycles. The predicted molar refractivity (Wildman–Crippen MR) is 68.2 cm³/mol. The number of carboxylic acid groups (broad SMARTS) is 1. The standard InChI is InChI=1S/C13H14ClNO3/c14-10-5-4-9(8-16)11(7-10)12-3-1-2-6-15(12)13(17)18/h4-5,7-8,12H,1-3,6H2,(H,17,18). The summed E-state index contributed by atoms with van der Waals surface area (Å²) in [5, 5.41) is 9.73. The SMILES string of the molecule is O=Cc1ccc(Cl)cc1C1CCCCN1C(=O)O. The number of carbonyl (C=O) groups excluding carboxylic acids is 1. The Balaban J connectivity index is 2.41. The molecule has 18 heavy (non-hydrogen) atoms. The van der Waals surface area contributed by atoms with E-state index in [0.717, 1.165) is 25.5 Å². The summed E-state index contributed by atoms with van der Waals surface area (Å²) >= 11 is 5.94. The van der Waals surface area contributed by atoms with E-state index in [1.54, 1.807) is 18.2 Å². The van der Waals surface area contributed by atoms with Crippen molar-refractivity contribution in [3.63, 3.8) is 0 Å². The van der Waals surface area contributed by atoms with Crippen molar-refractivity contribution in [2.24, 2.45) is 0 Å². The van der Waals surface area contributed by atoms with Crippen LogP contribution in [0.1, 0.15) is 41.2 Å². The summed E-state index contributed by atoms with van der Waals surface area (Å²) in [7, 11) is 0. The Bertz CT molecular complexity index is 475. The summed E-state index contributed by atoms with van der Waals surface area (Å²) in [4.78, 5) is 23.7. The smallest absolute Gasteiger partial charge is 0.407 e. The highest BCUT2D eigenvalue weighted by Crippen LogP contribution is 2.33. The van der Waals surface area contributed by atoms with Crippen molar-refractivity contribution in [1.29, 1.82) is 0 Å². The van der Waals surface area contributed by atoms with Crippen LogP contribution in [0.4, 0.5) is 4.79 Å². The van der Waals surface area contributed by atoms with E-state index < -0.39 is 6.09 Å². The second kappa shape index (κ2) is 5.40. The van der Waals surface area contributed by atoms with Gasteiger partial charge in [0.2, 0.25) is 0 Å². The van der Waals surface area contributed by atoms with Crippen LogP contribution >= 0.6 is 11.6 Å². The molecule has 1 amide bonds. The Morgan fingerprint density at radius 3 is 2.89 bits per heavy atom. The Morgan fingerprint density at radius 2 is 2.22 bits per heavy atom. The lowest BCUT2D eigenvalue weighted by atomic mass is 9.92. The molecule has 1 unspecified atom stereocenters. The number of benzene rings is 1.